The normalized spacial score (nSPS) is 41.3. The molecule has 0 aromatic rings. The summed E-state index contributed by atoms with van der Waals surface area (Å²) in [6, 6.07) is 0. The van der Waals surface area contributed by atoms with Crippen LogP contribution in [0.25, 0.3) is 0 Å². The van der Waals surface area contributed by atoms with Crippen LogP contribution in [0.2, 0.25) is 0 Å². The lowest BCUT2D eigenvalue weighted by Crippen LogP contribution is -2.35. The second kappa shape index (κ2) is 3.89. The number of hydrogen-bond donors (Lipinski definition) is 0. The molecule has 76 valence electrons. The summed E-state index contributed by atoms with van der Waals surface area (Å²) in [6.07, 6.45) is 10.8. The van der Waals surface area contributed by atoms with Gasteiger partial charge in [0.05, 0.1) is 0 Å². The third-order valence-corrected chi connectivity index (χ3v) is 6.03. The van der Waals surface area contributed by atoms with Crippen LogP contribution in [0.1, 0.15) is 58.8 Å². The van der Waals surface area contributed by atoms with Gasteiger partial charge in [-0.05, 0) is 48.8 Å². The van der Waals surface area contributed by atoms with E-state index in [-0.39, 0.29) is 0 Å². The van der Waals surface area contributed by atoms with Gasteiger partial charge in [0.15, 0.2) is 0 Å². The second-order valence-electron chi connectivity index (χ2n) is 5.50. The van der Waals surface area contributed by atoms with Crippen molar-refractivity contribution in [2.75, 3.05) is 0 Å². The van der Waals surface area contributed by atoms with Gasteiger partial charge in [-0.2, -0.15) is 0 Å². The van der Waals surface area contributed by atoms with Gasteiger partial charge in [-0.3, -0.25) is 0 Å². The fourth-order valence-corrected chi connectivity index (χ4v) is 6.14. The summed E-state index contributed by atoms with van der Waals surface area (Å²) in [5.74, 6) is 0.921. The van der Waals surface area contributed by atoms with E-state index in [1.165, 1.54) is 27.8 Å². The smallest absolute Gasteiger partial charge is 0.0117 e. The maximum atomic E-state index is 2.40. The Bertz CT molecular complexity index is 160. The van der Waals surface area contributed by atoms with E-state index in [2.05, 4.69) is 13.8 Å². The molecule has 2 rings (SSSR count). The summed E-state index contributed by atoms with van der Waals surface area (Å²) >= 11 is 0. The zero-order valence-electron chi connectivity index (χ0n) is 9.10. The van der Waals surface area contributed by atoms with Crippen LogP contribution in [0.3, 0.4) is 0 Å². The highest BCUT2D eigenvalue weighted by Crippen LogP contribution is 2.56. The minimum Gasteiger partial charge on any atom is -0.112 e. The molecule has 2 aliphatic heterocycles. The summed E-state index contributed by atoms with van der Waals surface area (Å²) in [5.41, 5.74) is 1.14. The van der Waals surface area contributed by atoms with E-state index < -0.39 is 0 Å². The quantitative estimate of drug-likeness (QED) is 0.584. The molecule has 1 unspecified atom stereocenters. The summed E-state index contributed by atoms with van der Waals surface area (Å²) < 4.78 is 0. The molecule has 0 N–H and O–H groups in total. The Morgan fingerprint density at radius 3 is 2.38 bits per heavy atom. The SMILES string of the molecule is CC(C)CC12CCCC(CCC1)P2. The summed E-state index contributed by atoms with van der Waals surface area (Å²) in [6.45, 7) is 4.80. The van der Waals surface area contributed by atoms with Gasteiger partial charge in [-0.25, -0.2) is 0 Å². The van der Waals surface area contributed by atoms with E-state index in [9.17, 15) is 0 Å². The van der Waals surface area contributed by atoms with Crippen molar-refractivity contribution in [3.8, 4) is 0 Å². The number of hydrogen-bond acceptors (Lipinski definition) is 0. The van der Waals surface area contributed by atoms with Crippen LogP contribution in [0.4, 0.5) is 0 Å². The van der Waals surface area contributed by atoms with E-state index in [0.29, 0.717) is 0 Å². The van der Waals surface area contributed by atoms with Crippen molar-refractivity contribution in [1.29, 1.82) is 0 Å². The maximum Gasteiger partial charge on any atom is -0.0117 e. The van der Waals surface area contributed by atoms with Gasteiger partial charge in [0.2, 0.25) is 0 Å². The van der Waals surface area contributed by atoms with Crippen molar-refractivity contribution < 1.29 is 0 Å². The minimum absolute atomic E-state index is 0.829. The van der Waals surface area contributed by atoms with Gasteiger partial charge in [-0.15, -0.1) is 8.58 Å². The lowest BCUT2D eigenvalue weighted by Gasteiger charge is -2.46. The van der Waals surface area contributed by atoms with Gasteiger partial charge in [-0.1, -0.05) is 26.7 Å². The van der Waals surface area contributed by atoms with Crippen molar-refractivity contribution in [3.63, 3.8) is 0 Å². The van der Waals surface area contributed by atoms with Crippen LogP contribution in [-0.4, -0.2) is 10.8 Å². The largest absolute Gasteiger partial charge is 0.112 e. The van der Waals surface area contributed by atoms with Crippen LogP contribution in [-0.2, 0) is 0 Å². The van der Waals surface area contributed by atoms with E-state index in [1.54, 1.807) is 25.7 Å². The van der Waals surface area contributed by atoms with Crippen molar-refractivity contribution in [3.05, 3.63) is 0 Å². The average molecular weight is 198 g/mol. The van der Waals surface area contributed by atoms with Crippen LogP contribution in [0.15, 0.2) is 0 Å². The minimum atomic E-state index is 0.829. The molecule has 2 saturated heterocycles. The first-order chi connectivity index (χ1) is 6.20. The molecule has 0 amide bonds. The zero-order valence-corrected chi connectivity index (χ0v) is 10.1. The highest BCUT2D eigenvalue weighted by Gasteiger charge is 2.38. The first kappa shape index (κ1) is 9.97. The molecule has 2 aliphatic rings. The van der Waals surface area contributed by atoms with Gasteiger partial charge in [0.1, 0.15) is 0 Å². The molecule has 2 heterocycles. The number of fused-ring (bicyclic) bond motifs is 2. The third-order valence-electron chi connectivity index (χ3n) is 3.73. The molecule has 0 aliphatic carbocycles. The predicted molar refractivity (Wildman–Crippen MR) is 62.0 cm³/mol. The fraction of sp³-hybridized carbons (Fsp3) is 1.00. The molecular formula is C12H23P. The zero-order chi connectivity index (χ0) is 9.31. The Hall–Kier alpha value is 0.430. The molecule has 2 bridgehead atoms. The highest BCUT2D eigenvalue weighted by molar-refractivity contribution is 7.41. The average Bonchev–Trinajstić information content (AvgIpc) is 2.02. The molecule has 0 spiro atoms. The number of rotatable bonds is 2. The van der Waals surface area contributed by atoms with Crippen molar-refractivity contribution in [2.24, 2.45) is 5.92 Å². The lowest BCUT2D eigenvalue weighted by atomic mass is 9.83. The standard InChI is InChI=1S/C12H23P/c1-10(2)9-12-7-3-5-11(13-12)6-4-8-12/h10-11,13H,3-9H2,1-2H3. The monoisotopic (exact) mass is 198 g/mol. The van der Waals surface area contributed by atoms with Gasteiger partial charge >= 0.3 is 0 Å². The molecule has 0 aromatic heterocycles. The molecule has 0 nitrogen and oxygen atoms in total. The summed E-state index contributed by atoms with van der Waals surface area (Å²) in [4.78, 5) is 0. The van der Waals surface area contributed by atoms with Gasteiger partial charge in [0, 0.05) is 0 Å². The second-order valence-corrected chi connectivity index (χ2v) is 7.67. The van der Waals surface area contributed by atoms with Crippen molar-refractivity contribution >= 4 is 8.58 Å². The van der Waals surface area contributed by atoms with Crippen molar-refractivity contribution in [1.82, 2.24) is 0 Å². The van der Waals surface area contributed by atoms with Gasteiger partial charge < -0.3 is 0 Å². The van der Waals surface area contributed by atoms with E-state index >= 15 is 0 Å². The van der Waals surface area contributed by atoms with Crippen LogP contribution in [0, 0.1) is 5.92 Å². The molecule has 2 fully saturated rings. The van der Waals surface area contributed by atoms with E-state index in [4.69, 9.17) is 0 Å². The van der Waals surface area contributed by atoms with Crippen LogP contribution < -0.4 is 0 Å². The Labute approximate surface area is 84.7 Å². The Balaban J connectivity index is 2.01. The third kappa shape index (κ3) is 2.27. The molecule has 1 atom stereocenters. The molecule has 0 saturated carbocycles. The Morgan fingerprint density at radius 1 is 1.23 bits per heavy atom. The highest BCUT2D eigenvalue weighted by atomic mass is 31.1. The predicted octanol–water partition coefficient (Wildman–Crippen LogP) is 4.19. The van der Waals surface area contributed by atoms with Crippen LogP contribution >= 0.6 is 8.58 Å². The maximum absolute atomic E-state index is 2.40. The van der Waals surface area contributed by atoms with Crippen molar-refractivity contribution in [2.45, 2.75) is 69.6 Å². The van der Waals surface area contributed by atoms with Gasteiger partial charge in [0.25, 0.3) is 0 Å². The van der Waals surface area contributed by atoms with E-state index in [1.807, 2.05) is 0 Å². The molecular weight excluding hydrogens is 175 g/mol. The first-order valence-electron chi connectivity index (χ1n) is 5.98. The Morgan fingerprint density at radius 2 is 1.85 bits per heavy atom. The summed E-state index contributed by atoms with van der Waals surface area (Å²) in [5, 5.41) is 0.829. The fourth-order valence-electron chi connectivity index (χ4n) is 3.41. The first-order valence-corrected chi connectivity index (χ1v) is 7.06. The lowest BCUT2D eigenvalue weighted by molar-refractivity contribution is 0.330. The molecule has 0 aromatic carbocycles. The molecule has 13 heavy (non-hydrogen) atoms. The molecule has 0 radical (unpaired) electrons. The Kier molecular flexibility index (Phi) is 2.98. The summed E-state index contributed by atoms with van der Waals surface area (Å²) in [7, 11) is 1.32. The molecule has 1 heteroatoms. The van der Waals surface area contributed by atoms with Crippen LogP contribution in [0.5, 0.6) is 0 Å². The van der Waals surface area contributed by atoms with E-state index in [0.717, 1.165) is 16.7 Å². The topological polar surface area (TPSA) is 0 Å².